The Kier molecular flexibility index (Phi) is 5.29. The summed E-state index contributed by atoms with van der Waals surface area (Å²) >= 11 is 0. The molecule has 0 aliphatic carbocycles. The van der Waals surface area contributed by atoms with Crippen molar-refractivity contribution in [2.75, 3.05) is 0 Å². The van der Waals surface area contributed by atoms with Gasteiger partial charge in [-0.25, -0.2) is 13.2 Å². The van der Waals surface area contributed by atoms with Gasteiger partial charge in [0.1, 0.15) is 5.82 Å². The third-order valence-electron chi connectivity index (χ3n) is 4.58. The first-order chi connectivity index (χ1) is 14.5. The maximum atomic E-state index is 13.9. The highest BCUT2D eigenvalue weighted by molar-refractivity contribution is 5.84. The lowest BCUT2D eigenvalue weighted by Gasteiger charge is -2.00. The largest absolute Gasteiger partial charge is 0.206 e. The number of halogens is 3. The van der Waals surface area contributed by atoms with Crippen LogP contribution in [0.2, 0.25) is 0 Å². The van der Waals surface area contributed by atoms with Crippen LogP contribution < -0.4 is 0 Å². The molecule has 4 aromatic carbocycles. The summed E-state index contributed by atoms with van der Waals surface area (Å²) in [7, 11) is 0. The number of hydrogen-bond acceptors (Lipinski definition) is 0. The fourth-order valence-electron chi connectivity index (χ4n) is 2.96. The minimum atomic E-state index is -0.880. The summed E-state index contributed by atoms with van der Waals surface area (Å²) in [6.07, 6.45) is 0. The van der Waals surface area contributed by atoms with E-state index in [0.717, 1.165) is 16.7 Å². The van der Waals surface area contributed by atoms with Crippen molar-refractivity contribution in [2.24, 2.45) is 0 Å². The van der Waals surface area contributed by atoms with Gasteiger partial charge >= 0.3 is 0 Å². The van der Waals surface area contributed by atoms with Gasteiger partial charge in [0.25, 0.3) is 0 Å². The van der Waals surface area contributed by atoms with E-state index in [1.165, 1.54) is 18.2 Å². The van der Waals surface area contributed by atoms with E-state index in [9.17, 15) is 13.2 Å². The average Bonchev–Trinajstić information content (AvgIpc) is 2.73. The van der Waals surface area contributed by atoms with Crippen molar-refractivity contribution in [3.05, 3.63) is 118 Å². The van der Waals surface area contributed by atoms with E-state index in [-0.39, 0.29) is 5.82 Å². The Hall–Kier alpha value is -3.95. The molecule has 0 saturated heterocycles. The molecule has 0 aliphatic rings. The minimum Gasteiger partial charge on any atom is -0.206 e. The zero-order chi connectivity index (χ0) is 21.1. The molecule has 144 valence electrons. The highest BCUT2D eigenvalue weighted by atomic mass is 19.2. The molecule has 0 atom stereocenters. The molecule has 0 amide bonds. The van der Waals surface area contributed by atoms with Crippen LogP contribution in [0.3, 0.4) is 0 Å². The summed E-state index contributed by atoms with van der Waals surface area (Å²) in [4.78, 5) is 0. The molecule has 0 aromatic heterocycles. The Bertz CT molecular complexity index is 1380. The quantitative estimate of drug-likeness (QED) is 0.303. The van der Waals surface area contributed by atoms with Crippen molar-refractivity contribution in [3.8, 4) is 23.7 Å². The third kappa shape index (κ3) is 4.37. The Morgan fingerprint density at radius 3 is 1.73 bits per heavy atom. The summed E-state index contributed by atoms with van der Waals surface area (Å²) in [6, 6.07) is 19.8. The molecule has 0 bridgehead atoms. The van der Waals surface area contributed by atoms with E-state index >= 15 is 0 Å². The second-order valence-corrected chi connectivity index (χ2v) is 6.89. The molecule has 4 aromatic rings. The standard InChI is InChI=1S/C27H15F3/c1-18-2-11-22(25(28)14-18)12-9-20-5-3-19(4-6-20)7-8-21-10-13-23-16-26(29)27(30)17-24(23)15-21/h2-6,10-11,13-17H,1H3. The van der Waals surface area contributed by atoms with E-state index < -0.39 is 11.6 Å². The summed E-state index contributed by atoms with van der Waals surface area (Å²) in [6.45, 7) is 1.83. The van der Waals surface area contributed by atoms with Gasteiger partial charge in [0.05, 0.1) is 5.56 Å². The van der Waals surface area contributed by atoms with Crippen LogP contribution in [0.1, 0.15) is 27.8 Å². The molecular weight excluding hydrogens is 381 g/mol. The van der Waals surface area contributed by atoms with Crippen molar-refractivity contribution >= 4 is 10.8 Å². The summed E-state index contributed by atoms with van der Waals surface area (Å²) < 4.78 is 40.6. The van der Waals surface area contributed by atoms with Gasteiger partial charge in [0.15, 0.2) is 11.6 Å². The van der Waals surface area contributed by atoms with Gasteiger partial charge in [-0.1, -0.05) is 35.8 Å². The van der Waals surface area contributed by atoms with Crippen LogP contribution in [0.25, 0.3) is 10.8 Å². The van der Waals surface area contributed by atoms with Crippen molar-refractivity contribution in [2.45, 2.75) is 6.92 Å². The number of hydrogen-bond donors (Lipinski definition) is 0. The van der Waals surface area contributed by atoms with E-state index in [0.29, 0.717) is 21.9 Å². The van der Waals surface area contributed by atoms with Crippen molar-refractivity contribution in [1.82, 2.24) is 0 Å². The van der Waals surface area contributed by atoms with Gasteiger partial charge < -0.3 is 0 Å². The molecule has 0 spiro atoms. The second kappa shape index (κ2) is 8.19. The molecular formula is C27H15F3. The van der Waals surface area contributed by atoms with Crippen LogP contribution in [0.15, 0.2) is 72.8 Å². The molecule has 0 heterocycles. The van der Waals surface area contributed by atoms with Crippen molar-refractivity contribution in [3.63, 3.8) is 0 Å². The molecule has 0 fully saturated rings. The van der Waals surface area contributed by atoms with Crippen LogP contribution in [-0.4, -0.2) is 0 Å². The first kappa shape index (κ1) is 19.4. The third-order valence-corrected chi connectivity index (χ3v) is 4.58. The maximum Gasteiger partial charge on any atom is 0.159 e. The zero-order valence-corrected chi connectivity index (χ0v) is 16.1. The highest BCUT2D eigenvalue weighted by Gasteiger charge is 2.04. The van der Waals surface area contributed by atoms with Gasteiger partial charge in [-0.3, -0.25) is 0 Å². The molecule has 4 rings (SSSR count). The van der Waals surface area contributed by atoms with Gasteiger partial charge in [0.2, 0.25) is 0 Å². The molecule has 0 unspecified atom stereocenters. The molecule has 0 nitrogen and oxygen atoms in total. The van der Waals surface area contributed by atoms with Gasteiger partial charge in [-0.05, 0) is 83.9 Å². The number of benzene rings is 4. The lowest BCUT2D eigenvalue weighted by atomic mass is 10.1. The van der Waals surface area contributed by atoms with Crippen molar-refractivity contribution in [1.29, 1.82) is 0 Å². The molecule has 0 radical (unpaired) electrons. The fraction of sp³-hybridized carbons (Fsp3) is 0.0370. The normalized spacial score (nSPS) is 10.1. The predicted octanol–water partition coefficient (Wildman–Crippen LogP) is 6.37. The molecule has 30 heavy (non-hydrogen) atoms. The van der Waals surface area contributed by atoms with Crippen LogP contribution in [0.4, 0.5) is 13.2 Å². The number of fused-ring (bicyclic) bond motifs is 1. The highest BCUT2D eigenvalue weighted by Crippen LogP contribution is 2.19. The minimum absolute atomic E-state index is 0.331. The lowest BCUT2D eigenvalue weighted by Crippen LogP contribution is -1.85. The molecule has 0 saturated carbocycles. The van der Waals surface area contributed by atoms with E-state index in [2.05, 4.69) is 23.7 Å². The van der Waals surface area contributed by atoms with Crippen LogP contribution in [0, 0.1) is 48.1 Å². The fourth-order valence-corrected chi connectivity index (χ4v) is 2.96. The number of aryl methyl sites for hydroxylation is 1. The van der Waals surface area contributed by atoms with E-state index in [1.807, 2.05) is 37.3 Å². The average molecular weight is 396 g/mol. The van der Waals surface area contributed by atoms with Gasteiger partial charge in [-0.15, -0.1) is 0 Å². The molecule has 0 aliphatic heterocycles. The number of rotatable bonds is 0. The Labute approximate surface area is 173 Å². The first-order valence-electron chi connectivity index (χ1n) is 9.27. The topological polar surface area (TPSA) is 0 Å². The summed E-state index contributed by atoms with van der Waals surface area (Å²) in [5, 5.41) is 1.21. The van der Waals surface area contributed by atoms with E-state index in [1.54, 1.807) is 24.3 Å². The van der Waals surface area contributed by atoms with Crippen LogP contribution in [-0.2, 0) is 0 Å². The van der Waals surface area contributed by atoms with Gasteiger partial charge in [0, 0.05) is 16.7 Å². The van der Waals surface area contributed by atoms with Gasteiger partial charge in [-0.2, -0.15) is 0 Å². The lowest BCUT2D eigenvalue weighted by molar-refractivity contribution is 0.511. The van der Waals surface area contributed by atoms with E-state index in [4.69, 9.17) is 0 Å². The summed E-state index contributed by atoms with van der Waals surface area (Å²) in [5.74, 6) is 9.78. The Morgan fingerprint density at radius 2 is 1.07 bits per heavy atom. The maximum absolute atomic E-state index is 13.9. The summed E-state index contributed by atoms with van der Waals surface area (Å²) in [5.41, 5.74) is 3.45. The molecule has 0 N–H and O–H groups in total. The SMILES string of the molecule is Cc1ccc(C#Cc2ccc(C#Cc3ccc4cc(F)c(F)cc4c3)cc2)c(F)c1. The smallest absolute Gasteiger partial charge is 0.159 e. The Morgan fingerprint density at radius 1 is 0.500 bits per heavy atom. The zero-order valence-electron chi connectivity index (χ0n) is 16.1. The second-order valence-electron chi connectivity index (χ2n) is 6.89. The Balaban J connectivity index is 1.53. The molecule has 3 heteroatoms. The van der Waals surface area contributed by atoms with Crippen molar-refractivity contribution < 1.29 is 13.2 Å². The predicted molar refractivity (Wildman–Crippen MR) is 113 cm³/mol. The first-order valence-corrected chi connectivity index (χ1v) is 9.27. The monoisotopic (exact) mass is 396 g/mol. The van der Waals surface area contributed by atoms with Crippen LogP contribution >= 0.6 is 0 Å². The van der Waals surface area contributed by atoms with Crippen LogP contribution in [0.5, 0.6) is 0 Å².